The SMILES string of the molecule is CCCSc1nc(N2CCC(CC(=O)O)C2)ccc1C(=O)NC1C2CC3CC1CC(O)(C3)C2. The number of aromatic nitrogens is 1. The number of rotatable bonds is 8. The van der Waals surface area contributed by atoms with Gasteiger partial charge in [0.15, 0.2) is 0 Å². The number of aliphatic hydroxyl groups is 1. The zero-order chi connectivity index (χ0) is 23.2. The molecule has 3 atom stereocenters. The van der Waals surface area contributed by atoms with E-state index in [-0.39, 0.29) is 24.3 Å². The molecule has 6 rings (SSSR count). The number of anilines is 1. The number of nitrogens with zero attached hydrogens (tertiary/aromatic N) is 2. The summed E-state index contributed by atoms with van der Waals surface area (Å²) in [6, 6.07) is 3.95. The molecule has 7 nitrogen and oxygen atoms in total. The summed E-state index contributed by atoms with van der Waals surface area (Å²) in [5, 5.41) is 24.1. The number of carboxylic acid groups (broad SMARTS) is 1. The van der Waals surface area contributed by atoms with Gasteiger partial charge in [-0.3, -0.25) is 9.59 Å². The minimum atomic E-state index is -0.752. The van der Waals surface area contributed by atoms with Crippen molar-refractivity contribution in [1.82, 2.24) is 10.3 Å². The van der Waals surface area contributed by atoms with E-state index in [1.54, 1.807) is 11.8 Å². The number of hydrogen-bond acceptors (Lipinski definition) is 6. The number of thioether (sulfide) groups is 1. The van der Waals surface area contributed by atoms with Crippen LogP contribution >= 0.6 is 11.8 Å². The zero-order valence-electron chi connectivity index (χ0n) is 19.3. The predicted octanol–water partition coefficient (Wildman–Crippen LogP) is 3.55. The molecule has 1 aromatic heterocycles. The van der Waals surface area contributed by atoms with Crippen molar-refractivity contribution in [3.05, 3.63) is 17.7 Å². The number of aliphatic carboxylic acids is 1. The molecule has 0 spiro atoms. The van der Waals surface area contributed by atoms with E-state index in [9.17, 15) is 14.7 Å². The third-order valence-electron chi connectivity index (χ3n) is 8.14. The predicted molar refractivity (Wildman–Crippen MR) is 128 cm³/mol. The van der Waals surface area contributed by atoms with Crippen LogP contribution in [0.3, 0.4) is 0 Å². The number of pyridine rings is 1. The standard InChI is InChI=1S/C25H35N3O4S/c1-2-7-33-24-19(3-4-20(26-24)28-6-5-15(14-28)10-21(29)30)23(31)27-22-17-8-16-9-18(22)13-25(32,11-16)12-17/h3-4,15-18,22,32H,2,5-14H2,1H3,(H,27,31)(H,29,30). The van der Waals surface area contributed by atoms with E-state index in [1.807, 2.05) is 12.1 Å². The molecule has 3 N–H and O–H groups in total. The van der Waals surface area contributed by atoms with E-state index in [2.05, 4.69) is 17.1 Å². The first-order valence-corrected chi connectivity index (χ1v) is 13.5. The molecule has 1 aromatic rings. The van der Waals surface area contributed by atoms with Crippen molar-refractivity contribution in [3.63, 3.8) is 0 Å². The average Bonchev–Trinajstić information content (AvgIpc) is 3.21. The van der Waals surface area contributed by atoms with Crippen LogP contribution in [0.4, 0.5) is 5.82 Å². The second-order valence-electron chi connectivity index (χ2n) is 10.8. The molecule has 2 heterocycles. The smallest absolute Gasteiger partial charge is 0.303 e. The van der Waals surface area contributed by atoms with Gasteiger partial charge in [0.05, 0.1) is 11.2 Å². The molecule has 5 fully saturated rings. The third kappa shape index (κ3) is 4.74. The molecule has 180 valence electrons. The molecule has 1 aliphatic heterocycles. The molecule has 8 heteroatoms. The Hall–Kier alpha value is -1.80. The van der Waals surface area contributed by atoms with Crippen LogP contribution in [0.5, 0.6) is 0 Å². The van der Waals surface area contributed by atoms with Gasteiger partial charge >= 0.3 is 5.97 Å². The van der Waals surface area contributed by atoms with Crippen molar-refractivity contribution in [1.29, 1.82) is 0 Å². The number of nitrogens with one attached hydrogen (secondary N) is 1. The molecule has 4 aliphatic carbocycles. The maximum atomic E-state index is 13.4. The van der Waals surface area contributed by atoms with E-state index < -0.39 is 11.6 Å². The average molecular weight is 474 g/mol. The minimum absolute atomic E-state index is 0.0534. The van der Waals surface area contributed by atoms with Gasteiger partial charge in [-0.25, -0.2) is 4.98 Å². The van der Waals surface area contributed by atoms with Crippen LogP contribution in [0.1, 0.15) is 68.6 Å². The summed E-state index contributed by atoms with van der Waals surface area (Å²) in [5.41, 5.74) is 0.128. The van der Waals surface area contributed by atoms with Crippen molar-refractivity contribution >= 4 is 29.5 Å². The van der Waals surface area contributed by atoms with Gasteiger partial charge in [0, 0.05) is 25.6 Å². The Morgan fingerprint density at radius 1 is 1.24 bits per heavy atom. The van der Waals surface area contributed by atoms with Crippen LogP contribution in [0.25, 0.3) is 0 Å². The molecule has 0 aromatic carbocycles. The normalized spacial score (nSPS) is 34.6. The lowest BCUT2D eigenvalue weighted by molar-refractivity contribution is -0.138. The van der Waals surface area contributed by atoms with E-state index >= 15 is 0 Å². The highest BCUT2D eigenvalue weighted by Crippen LogP contribution is 2.55. The van der Waals surface area contributed by atoms with Crippen molar-refractivity contribution in [3.8, 4) is 0 Å². The first-order chi connectivity index (χ1) is 15.8. The second-order valence-corrected chi connectivity index (χ2v) is 11.8. The maximum absolute atomic E-state index is 13.4. The van der Waals surface area contributed by atoms with E-state index in [0.717, 1.165) is 68.1 Å². The fourth-order valence-corrected chi connectivity index (χ4v) is 7.86. The van der Waals surface area contributed by atoms with Gasteiger partial charge in [0.2, 0.25) is 0 Å². The van der Waals surface area contributed by atoms with Crippen molar-refractivity contribution in [2.24, 2.45) is 23.7 Å². The van der Waals surface area contributed by atoms with Crippen LogP contribution in [-0.4, -0.2) is 57.6 Å². The molecule has 0 radical (unpaired) electrons. The molecular formula is C25H35N3O4S. The highest BCUT2D eigenvalue weighted by Gasteiger charge is 2.55. The summed E-state index contributed by atoms with van der Waals surface area (Å²) in [6.07, 6.45) is 6.83. The summed E-state index contributed by atoms with van der Waals surface area (Å²) in [5.74, 6) is 2.42. The van der Waals surface area contributed by atoms with Crippen LogP contribution < -0.4 is 10.2 Å². The molecular weight excluding hydrogens is 438 g/mol. The first kappa shape index (κ1) is 23.0. The fourth-order valence-electron chi connectivity index (χ4n) is 6.99. The maximum Gasteiger partial charge on any atom is 0.303 e. The number of hydrogen-bond donors (Lipinski definition) is 3. The Kier molecular flexibility index (Phi) is 6.33. The molecule has 4 bridgehead atoms. The summed E-state index contributed by atoms with van der Waals surface area (Å²) in [4.78, 5) is 31.5. The van der Waals surface area contributed by atoms with Crippen LogP contribution in [0.15, 0.2) is 17.2 Å². The van der Waals surface area contributed by atoms with Gasteiger partial charge in [0.25, 0.3) is 5.91 Å². The van der Waals surface area contributed by atoms with Crippen LogP contribution in [0, 0.1) is 23.7 Å². The molecule has 1 saturated heterocycles. The number of carbonyl (C=O) groups excluding carboxylic acids is 1. The highest BCUT2D eigenvalue weighted by molar-refractivity contribution is 7.99. The summed E-state index contributed by atoms with van der Waals surface area (Å²) in [7, 11) is 0. The third-order valence-corrected chi connectivity index (χ3v) is 9.34. The minimum Gasteiger partial charge on any atom is -0.481 e. The molecule has 1 amide bonds. The fraction of sp³-hybridized carbons (Fsp3) is 0.720. The van der Waals surface area contributed by atoms with E-state index in [4.69, 9.17) is 10.1 Å². The van der Waals surface area contributed by atoms with Crippen molar-refractivity contribution in [2.75, 3.05) is 23.7 Å². The van der Waals surface area contributed by atoms with Gasteiger partial charge in [0.1, 0.15) is 10.8 Å². The topological polar surface area (TPSA) is 103 Å². The zero-order valence-corrected chi connectivity index (χ0v) is 20.1. The lowest BCUT2D eigenvalue weighted by Gasteiger charge is -2.58. The van der Waals surface area contributed by atoms with Gasteiger partial charge in [-0.15, -0.1) is 11.8 Å². The summed E-state index contributed by atoms with van der Waals surface area (Å²) < 4.78 is 0. The molecule has 5 aliphatic rings. The lowest BCUT2D eigenvalue weighted by atomic mass is 9.52. The van der Waals surface area contributed by atoms with E-state index in [1.165, 1.54) is 0 Å². The highest BCUT2D eigenvalue weighted by atomic mass is 32.2. The number of amides is 1. The Morgan fingerprint density at radius 2 is 2.00 bits per heavy atom. The van der Waals surface area contributed by atoms with Gasteiger partial charge in [-0.2, -0.15) is 0 Å². The Balaban J connectivity index is 1.31. The van der Waals surface area contributed by atoms with Gasteiger partial charge < -0.3 is 20.4 Å². The number of carbonyl (C=O) groups is 2. The molecule has 33 heavy (non-hydrogen) atoms. The van der Waals surface area contributed by atoms with Crippen molar-refractivity contribution < 1.29 is 19.8 Å². The quantitative estimate of drug-likeness (QED) is 0.496. The second kappa shape index (κ2) is 9.10. The number of carboxylic acids is 1. The van der Waals surface area contributed by atoms with E-state index in [0.29, 0.717) is 29.9 Å². The summed E-state index contributed by atoms with van der Waals surface area (Å²) >= 11 is 1.62. The Labute approximate surface area is 199 Å². The van der Waals surface area contributed by atoms with Crippen LogP contribution in [-0.2, 0) is 4.79 Å². The lowest BCUT2D eigenvalue weighted by Crippen LogP contribution is -2.61. The first-order valence-electron chi connectivity index (χ1n) is 12.5. The van der Waals surface area contributed by atoms with Gasteiger partial charge in [-0.1, -0.05) is 6.92 Å². The van der Waals surface area contributed by atoms with Crippen molar-refractivity contribution in [2.45, 2.75) is 75.0 Å². The largest absolute Gasteiger partial charge is 0.481 e. The Morgan fingerprint density at radius 3 is 2.67 bits per heavy atom. The Bertz CT molecular complexity index is 909. The molecule has 4 saturated carbocycles. The molecule has 3 unspecified atom stereocenters. The van der Waals surface area contributed by atoms with Gasteiger partial charge in [-0.05, 0) is 86.5 Å². The monoisotopic (exact) mass is 473 g/mol. The van der Waals surface area contributed by atoms with Crippen LogP contribution in [0.2, 0.25) is 0 Å². The summed E-state index contributed by atoms with van der Waals surface area (Å²) in [6.45, 7) is 3.61.